The van der Waals surface area contributed by atoms with E-state index in [0.717, 1.165) is 17.1 Å². The van der Waals surface area contributed by atoms with Crippen molar-refractivity contribution in [3.63, 3.8) is 0 Å². The Bertz CT molecular complexity index is 305. The van der Waals surface area contributed by atoms with E-state index in [1.807, 2.05) is 26.8 Å². The Hall–Kier alpha value is -1.04. The molecule has 1 fully saturated rings. The minimum Gasteiger partial charge on any atom is -0.0985 e. The summed E-state index contributed by atoms with van der Waals surface area (Å²) < 4.78 is 0. The molecule has 0 radical (unpaired) electrons. The summed E-state index contributed by atoms with van der Waals surface area (Å²) >= 11 is 0. The minimum absolute atomic E-state index is 0.659. The van der Waals surface area contributed by atoms with Gasteiger partial charge in [-0.1, -0.05) is 85.4 Å². The van der Waals surface area contributed by atoms with Crippen molar-refractivity contribution in [1.82, 2.24) is 0 Å². The first-order chi connectivity index (χ1) is 9.36. The second-order valence-electron chi connectivity index (χ2n) is 6.02. The molecule has 0 unspecified atom stereocenters. The Balaban J connectivity index is 0. The zero-order valence-electron chi connectivity index (χ0n) is 14.8. The van der Waals surface area contributed by atoms with E-state index in [2.05, 4.69) is 40.5 Å². The first-order valence-electron chi connectivity index (χ1n) is 7.96. The van der Waals surface area contributed by atoms with Gasteiger partial charge in [-0.3, -0.25) is 0 Å². The Kier molecular flexibility index (Phi) is 12.5. The summed E-state index contributed by atoms with van der Waals surface area (Å²) in [6.45, 7) is 24.1. The largest absolute Gasteiger partial charge is 0.0985 e. The predicted molar refractivity (Wildman–Crippen MR) is 96.1 cm³/mol. The van der Waals surface area contributed by atoms with E-state index in [0.29, 0.717) is 5.41 Å². The summed E-state index contributed by atoms with van der Waals surface area (Å²) in [6.07, 6.45) is 11.2. The predicted octanol–water partition coefficient (Wildman–Crippen LogP) is 7.11. The van der Waals surface area contributed by atoms with Crippen molar-refractivity contribution < 1.29 is 0 Å². The fraction of sp³-hybridized carbons (Fsp3) is 0.600. The maximum Gasteiger partial charge on any atom is -0.0239 e. The quantitative estimate of drug-likeness (QED) is 0.482. The lowest BCUT2D eigenvalue weighted by molar-refractivity contribution is 0.201. The minimum atomic E-state index is 0.659. The molecule has 0 aliphatic heterocycles. The molecular formula is C20H36. The number of allylic oxidation sites excluding steroid dienone is 5. The standard InChI is InChI=1S/C9H18.C9H12.C2H6/c1-8-4-6-9(2,3)7-5-8;1-5-8(4)9(6-2)7-3;1-2/h8H,4-7H2,1-3H3;5-7H,1-2,4H2,3H3;1-2H3/b;9-7+;. The Labute approximate surface area is 128 Å². The topological polar surface area (TPSA) is 0 Å². The maximum atomic E-state index is 3.76. The molecule has 0 heteroatoms. The van der Waals surface area contributed by atoms with Crippen molar-refractivity contribution in [2.24, 2.45) is 11.3 Å². The van der Waals surface area contributed by atoms with Gasteiger partial charge in [0.1, 0.15) is 0 Å². The molecule has 0 aromatic rings. The number of rotatable bonds is 3. The number of hydrogen-bond acceptors (Lipinski definition) is 0. The average Bonchev–Trinajstić information content (AvgIpc) is 2.46. The van der Waals surface area contributed by atoms with Crippen molar-refractivity contribution in [2.75, 3.05) is 0 Å². The molecule has 0 nitrogen and oxygen atoms in total. The highest BCUT2D eigenvalue weighted by atomic mass is 14.3. The van der Waals surface area contributed by atoms with Crippen molar-refractivity contribution in [2.45, 2.75) is 67.2 Å². The average molecular weight is 277 g/mol. The molecule has 0 saturated heterocycles. The molecule has 0 heterocycles. The van der Waals surface area contributed by atoms with Crippen LogP contribution in [0.1, 0.15) is 67.2 Å². The molecule has 0 aromatic heterocycles. The second-order valence-corrected chi connectivity index (χ2v) is 6.02. The highest BCUT2D eigenvalue weighted by molar-refractivity contribution is 5.42. The van der Waals surface area contributed by atoms with E-state index < -0.39 is 0 Å². The summed E-state index contributed by atoms with van der Waals surface area (Å²) in [4.78, 5) is 0. The number of hydrogen-bond donors (Lipinski definition) is 0. The SMILES string of the molecule is C=CC(=C)/C(C=C)=C/C.CC.CC1CCC(C)(C)CC1. The van der Waals surface area contributed by atoms with Crippen LogP contribution >= 0.6 is 0 Å². The molecule has 20 heavy (non-hydrogen) atoms. The Morgan fingerprint density at radius 1 is 1.05 bits per heavy atom. The highest BCUT2D eigenvalue weighted by Gasteiger charge is 2.23. The van der Waals surface area contributed by atoms with E-state index in [-0.39, 0.29) is 0 Å². The van der Waals surface area contributed by atoms with Crippen LogP contribution in [0.15, 0.2) is 49.1 Å². The van der Waals surface area contributed by atoms with Crippen LogP contribution in [-0.4, -0.2) is 0 Å². The zero-order valence-corrected chi connectivity index (χ0v) is 14.8. The summed E-state index contributed by atoms with van der Waals surface area (Å²) in [5, 5.41) is 0. The normalized spacial score (nSPS) is 17.8. The monoisotopic (exact) mass is 276 g/mol. The lowest BCUT2D eigenvalue weighted by Crippen LogP contribution is -2.19. The fourth-order valence-corrected chi connectivity index (χ4v) is 2.10. The molecule has 0 amide bonds. The van der Waals surface area contributed by atoms with E-state index >= 15 is 0 Å². The third-order valence-corrected chi connectivity index (χ3v) is 3.78. The Morgan fingerprint density at radius 2 is 1.50 bits per heavy atom. The molecule has 0 N–H and O–H groups in total. The maximum absolute atomic E-state index is 3.76. The molecular weight excluding hydrogens is 240 g/mol. The van der Waals surface area contributed by atoms with E-state index in [1.54, 1.807) is 12.2 Å². The first-order valence-corrected chi connectivity index (χ1v) is 7.96. The van der Waals surface area contributed by atoms with Crippen molar-refractivity contribution >= 4 is 0 Å². The fourth-order valence-electron chi connectivity index (χ4n) is 2.10. The van der Waals surface area contributed by atoms with Gasteiger partial charge in [0.15, 0.2) is 0 Å². The molecule has 0 atom stereocenters. The lowest BCUT2D eigenvalue weighted by atomic mass is 9.74. The van der Waals surface area contributed by atoms with Gasteiger partial charge in [-0.05, 0) is 42.2 Å². The molecule has 1 rings (SSSR count). The second kappa shape index (κ2) is 11.8. The van der Waals surface area contributed by atoms with Crippen LogP contribution in [0.4, 0.5) is 0 Å². The third kappa shape index (κ3) is 9.83. The Morgan fingerprint density at radius 3 is 1.70 bits per heavy atom. The summed E-state index contributed by atoms with van der Waals surface area (Å²) in [5.41, 5.74) is 2.63. The molecule has 116 valence electrons. The molecule has 1 aliphatic rings. The van der Waals surface area contributed by atoms with Crippen LogP contribution in [0.2, 0.25) is 0 Å². The van der Waals surface area contributed by atoms with Gasteiger partial charge in [-0.15, -0.1) is 0 Å². The van der Waals surface area contributed by atoms with E-state index in [1.165, 1.54) is 25.7 Å². The van der Waals surface area contributed by atoms with Gasteiger partial charge in [-0.2, -0.15) is 0 Å². The van der Waals surface area contributed by atoms with Crippen LogP contribution in [-0.2, 0) is 0 Å². The van der Waals surface area contributed by atoms with E-state index in [9.17, 15) is 0 Å². The van der Waals surface area contributed by atoms with Gasteiger partial charge >= 0.3 is 0 Å². The molecule has 1 saturated carbocycles. The van der Waals surface area contributed by atoms with Gasteiger partial charge < -0.3 is 0 Å². The van der Waals surface area contributed by atoms with Crippen molar-refractivity contribution in [3.05, 3.63) is 49.1 Å². The van der Waals surface area contributed by atoms with Crippen LogP contribution < -0.4 is 0 Å². The van der Waals surface area contributed by atoms with Gasteiger partial charge in [0.05, 0.1) is 0 Å². The molecule has 0 bridgehead atoms. The summed E-state index contributed by atoms with van der Waals surface area (Å²) in [6, 6.07) is 0. The summed E-state index contributed by atoms with van der Waals surface area (Å²) in [7, 11) is 0. The van der Waals surface area contributed by atoms with E-state index in [4.69, 9.17) is 0 Å². The summed E-state index contributed by atoms with van der Waals surface area (Å²) in [5.74, 6) is 0.998. The van der Waals surface area contributed by atoms with Gasteiger partial charge in [-0.25, -0.2) is 0 Å². The van der Waals surface area contributed by atoms with Crippen molar-refractivity contribution in [1.29, 1.82) is 0 Å². The van der Waals surface area contributed by atoms with Crippen LogP contribution in [0, 0.1) is 11.3 Å². The van der Waals surface area contributed by atoms with Gasteiger partial charge in [0.25, 0.3) is 0 Å². The van der Waals surface area contributed by atoms with Gasteiger partial charge in [0.2, 0.25) is 0 Å². The lowest BCUT2D eigenvalue weighted by Gasteiger charge is -2.32. The first kappa shape index (κ1) is 21.3. The molecule has 0 aromatic carbocycles. The third-order valence-electron chi connectivity index (χ3n) is 3.78. The highest BCUT2D eigenvalue weighted by Crippen LogP contribution is 2.37. The van der Waals surface area contributed by atoms with Crippen LogP contribution in [0.5, 0.6) is 0 Å². The molecule has 1 aliphatic carbocycles. The smallest absolute Gasteiger partial charge is 0.0239 e. The molecule has 0 spiro atoms. The van der Waals surface area contributed by atoms with Crippen molar-refractivity contribution in [3.8, 4) is 0 Å². The van der Waals surface area contributed by atoms with Crippen LogP contribution in [0.25, 0.3) is 0 Å². The van der Waals surface area contributed by atoms with Gasteiger partial charge in [0, 0.05) is 0 Å². The van der Waals surface area contributed by atoms with Crippen LogP contribution in [0.3, 0.4) is 0 Å². The zero-order chi connectivity index (χ0) is 16.2.